The molecule has 0 atom stereocenters. The van der Waals surface area contributed by atoms with Gasteiger partial charge in [-0.15, -0.1) is 0 Å². The molecule has 0 heterocycles. The second kappa shape index (κ2) is 7.73. The summed E-state index contributed by atoms with van der Waals surface area (Å²) in [4.78, 5) is 0. The van der Waals surface area contributed by atoms with Crippen molar-refractivity contribution >= 4 is 17.1 Å². The summed E-state index contributed by atoms with van der Waals surface area (Å²) in [5.41, 5.74) is 6.91. The lowest BCUT2D eigenvalue weighted by Gasteiger charge is -2.15. The Morgan fingerprint density at radius 1 is 1.05 bits per heavy atom. The van der Waals surface area contributed by atoms with Gasteiger partial charge in [-0.3, -0.25) is 0 Å². The Kier molecular flexibility index (Phi) is 6.28. The minimum absolute atomic E-state index is 0.0499. The standard InChI is InChI=1S/C15H15F3N2.C2H6/c1-3-9-7-11(17)13(18)15(14(9)19)20-12-5-4-8(2)6-10(12)16;1-2/h4-7,20H,3,19H2,1-2H3;1-2H3. The largest absolute Gasteiger partial charge is 0.397 e. The summed E-state index contributed by atoms with van der Waals surface area (Å²) in [6.45, 7) is 7.51. The first-order valence-corrected chi connectivity index (χ1v) is 7.23. The molecule has 0 radical (unpaired) electrons. The Morgan fingerprint density at radius 3 is 2.23 bits per heavy atom. The number of hydrogen-bond donors (Lipinski definition) is 2. The van der Waals surface area contributed by atoms with Gasteiger partial charge in [0.15, 0.2) is 11.6 Å². The molecule has 0 spiro atoms. The lowest BCUT2D eigenvalue weighted by molar-refractivity contribution is 0.511. The Balaban J connectivity index is 0.00000116. The number of benzene rings is 2. The molecule has 2 aromatic carbocycles. The van der Waals surface area contributed by atoms with Crippen LogP contribution in [0.15, 0.2) is 24.3 Å². The van der Waals surface area contributed by atoms with Crippen LogP contribution in [0.3, 0.4) is 0 Å². The van der Waals surface area contributed by atoms with E-state index in [1.54, 1.807) is 19.9 Å². The smallest absolute Gasteiger partial charge is 0.184 e. The molecule has 0 amide bonds. The number of aryl methyl sites for hydroxylation is 2. The molecule has 2 rings (SSSR count). The molecule has 120 valence electrons. The van der Waals surface area contributed by atoms with Gasteiger partial charge in [-0.1, -0.05) is 26.8 Å². The molecule has 0 fully saturated rings. The SMILES string of the molecule is CC.CCc1cc(F)c(F)c(Nc2ccc(C)cc2F)c1N. The second-order valence-corrected chi connectivity index (χ2v) is 4.58. The minimum atomic E-state index is -1.11. The summed E-state index contributed by atoms with van der Waals surface area (Å²) >= 11 is 0. The van der Waals surface area contributed by atoms with Crippen molar-refractivity contribution in [2.24, 2.45) is 0 Å². The summed E-state index contributed by atoms with van der Waals surface area (Å²) in [6.07, 6.45) is 0.452. The van der Waals surface area contributed by atoms with E-state index in [4.69, 9.17) is 5.73 Å². The molecule has 0 aliphatic rings. The third-order valence-corrected chi connectivity index (χ3v) is 3.11. The van der Waals surface area contributed by atoms with Crippen molar-refractivity contribution in [1.82, 2.24) is 0 Å². The van der Waals surface area contributed by atoms with Crippen molar-refractivity contribution in [3.05, 3.63) is 52.8 Å². The van der Waals surface area contributed by atoms with Gasteiger partial charge in [-0.25, -0.2) is 13.2 Å². The third-order valence-electron chi connectivity index (χ3n) is 3.11. The highest BCUT2D eigenvalue weighted by atomic mass is 19.2. The maximum absolute atomic E-state index is 13.8. The van der Waals surface area contributed by atoms with Crippen LogP contribution in [0, 0.1) is 24.4 Å². The van der Waals surface area contributed by atoms with Crippen molar-refractivity contribution in [1.29, 1.82) is 0 Å². The van der Waals surface area contributed by atoms with Gasteiger partial charge in [0.2, 0.25) is 0 Å². The third kappa shape index (κ3) is 3.72. The van der Waals surface area contributed by atoms with Crippen LogP contribution in [0.1, 0.15) is 31.9 Å². The van der Waals surface area contributed by atoms with Crippen molar-refractivity contribution in [3.63, 3.8) is 0 Å². The maximum atomic E-state index is 13.8. The number of nitrogens with two attached hydrogens (primary N) is 1. The first-order chi connectivity index (χ1) is 10.4. The average molecular weight is 310 g/mol. The van der Waals surface area contributed by atoms with Crippen LogP contribution in [0.5, 0.6) is 0 Å². The number of hydrogen-bond acceptors (Lipinski definition) is 2. The molecular formula is C17H21F3N2. The van der Waals surface area contributed by atoms with Gasteiger partial charge in [0.1, 0.15) is 11.5 Å². The lowest BCUT2D eigenvalue weighted by atomic mass is 10.1. The van der Waals surface area contributed by atoms with E-state index in [0.717, 1.165) is 11.6 Å². The first-order valence-electron chi connectivity index (χ1n) is 7.23. The fourth-order valence-corrected chi connectivity index (χ4v) is 1.96. The number of nitrogens with one attached hydrogen (secondary N) is 1. The molecule has 2 aromatic rings. The number of rotatable bonds is 3. The Bertz CT molecular complexity index is 655. The summed E-state index contributed by atoms with van der Waals surface area (Å²) in [5, 5.41) is 2.54. The lowest BCUT2D eigenvalue weighted by Crippen LogP contribution is -2.06. The number of halogens is 3. The molecule has 0 aliphatic carbocycles. The first kappa shape index (κ1) is 17.9. The topological polar surface area (TPSA) is 38.0 Å². The average Bonchev–Trinajstić information content (AvgIpc) is 2.51. The molecule has 0 aliphatic heterocycles. The normalized spacial score (nSPS) is 9.95. The van der Waals surface area contributed by atoms with Crippen LogP contribution in [0.25, 0.3) is 0 Å². The van der Waals surface area contributed by atoms with E-state index in [1.807, 2.05) is 13.8 Å². The number of nitrogen functional groups attached to an aromatic ring is 1. The molecular weight excluding hydrogens is 289 g/mol. The molecule has 0 unspecified atom stereocenters. The Labute approximate surface area is 129 Å². The van der Waals surface area contributed by atoms with E-state index < -0.39 is 17.5 Å². The number of anilines is 3. The van der Waals surface area contributed by atoms with Crippen molar-refractivity contribution in [2.75, 3.05) is 11.1 Å². The summed E-state index contributed by atoms with van der Waals surface area (Å²) < 4.78 is 41.1. The molecule has 0 saturated carbocycles. The second-order valence-electron chi connectivity index (χ2n) is 4.58. The highest BCUT2D eigenvalue weighted by Gasteiger charge is 2.17. The van der Waals surface area contributed by atoms with E-state index in [0.29, 0.717) is 12.0 Å². The van der Waals surface area contributed by atoms with E-state index in [2.05, 4.69) is 5.32 Å². The van der Waals surface area contributed by atoms with E-state index in [-0.39, 0.29) is 17.1 Å². The maximum Gasteiger partial charge on any atom is 0.184 e. The molecule has 5 heteroatoms. The fraction of sp³-hybridized carbons (Fsp3) is 0.294. The van der Waals surface area contributed by atoms with Gasteiger partial charge < -0.3 is 11.1 Å². The van der Waals surface area contributed by atoms with Gasteiger partial charge in [0, 0.05) is 0 Å². The summed E-state index contributed by atoms with van der Waals surface area (Å²) in [5.74, 6) is -2.67. The van der Waals surface area contributed by atoms with Crippen LogP contribution < -0.4 is 11.1 Å². The van der Waals surface area contributed by atoms with E-state index in [1.165, 1.54) is 12.1 Å². The zero-order valence-corrected chi connectivity index (χ0v) is 13.2. The molecule has 22 heavy (non-hydrogen) atoms. The van der Waals surface area contributed by atoms with Crippen molar-refractivity contribution < 1.29 is 13.2 Å². The van der Waals surface area contributed by atoms with Gasteiger partial charge in [-0.05, 0) is 42.7 Å². The highest BCUT2D eigenvalue weighted by molar-refractivity contribution is 5.76. The Hall–Kier alpha value is -2.17. The van der Waals surface area contributed by atoms with E-state index >= 15 is 0 Å². The predicted octanol–water partition coefficient (Wildman–Crippen LogP) is 5.33. The van der Waals surface area contributed by atoms with Gasteiger partial charge >= 0.3 is 0 Å². The zero-order valence-electron chi connectivity index (χ0n) is 13.2. The van der Waals surface area contributed by atoms with Crippen LogP contribution in [-0.2, 0) is 6.42 Å². The fourth-order valence-electron chi connectivity index (χ4n) is 1.96. The van der Waals surface area contributed by atoms with Crippen LogP contribution in [0.4, 0.5) is 30.2 Å². The van der Waals surface area contributed by atoms with Gasteiger partial charge in [0.05, 0.1) is 11.4 Å². The van der Waals surface area contributed by atoms with Gasteiger partial charge in [0.25, 0.3) is 0 Å². The highest BCUT2D eigenvalue weighted by Crippen LogP contribution is 2.32. The van der Waals surface area contributed by atoms with Crippen LogP contribution in [-0.4, -0.2) is 0 Å². The molecule has 0 aromatic heterocycles. The van der Waals surface area contributed by atoms with Gasteiger partial charge in [-0.2, -0.15) is 0 Å². The predicted molar refractivity (Wildman–Crippen MR) is 85.9 cm³/mol. The molecule has 0 bridgehead atoms. The van der Waals surface area contributed by atoms with Crippen LogP contribution in [0.2, 0.25) is 0 Å². The summed E-state index contributed by atoms with van der Waals surface area (Å²) in [6, 6.07) is 5.48. The Morgan fingerprint density at radius 2 is 1.68 bits per heavy atom. The quantitative estimate of drug-likeness (QED) is 0.752. The van der Waals surface area contributed by atoms with Crippen molar-refractivity contribution in [2.45, 2.75) is 34.1 Å². The molecule has 3 N–H and O–H groups in total. The summed E-state index contributed by atoms with van der Waals surface area (Å²) in [7, 11) is 0. The monoisotopic (exact) mass is 310 g/mol. The molecule has 0 saturated heterocycles. The minimum Gasteiger partial charge on any atom is -0.397 e. The molecule has 2 nitrogen and oxygen atoms in total. The zero-order chi connectivity index (χ0) is 16.9. The van der Waals surface area contributed by atoms with Crippen LogP contribution >= 0.6 is 0 Å². The van der Waals surface area contributed by atoms with E-state index in [9.17, 15) is 13.2 Å². The van der Waals surface area contributed by atoms with Crippen molar-refractivity contribution in [3.8, 4) is 0 Å².